The SMILES string of the molecule is Cc1cc2ncc3c(n2n1)CCN(C(=O)CC1CCCC1)C3. The number of rotatable bonds is 2. The van der Waals surface area contributed by atoms with E-state index in [-0.39, 0.29) is 0 Å². The fourth-order valence-corrected chi connectivity index (χ4v) is 3.86. The third kappa shape index (κ3) is 2.38. The third-order valence-corrected chi connectivity index (χ3v) is 5.06. The lowest BCUT2D eigenvalue weighted by molar-refractivity contribution is -0.133. The van der Waals surface area contributed by atoms with Crippen molar-refractivity contribution in [3.05, 3.63) is 29.2 Å². The molecule has 0 spiro atoms. The normalized spacial score (nSPS) is 18.9. The molecule has 116 valence electrons. The second-order valence-corrected chi connectivity index (χ2v) is 6.71. The summed E-state index contributed by atoms with van der Waals surface area (Å²) in [4.78, 5) is 19.0. The Morgan fingerprint density at radius 1 is 1.36 bits per heavy atom. The van der Waals surface area contributed by atoms with Gasteiger partial charge in [0.25, 0.3) is 0 Å². The molecule has 0 N–H and O–H groups in total. The van der Waals surface area contributed by atoms with Gasteiger partial charge in [-0.15, -0.1) is 0 Å². The molecule has 2 aromatic heterocycles. The Labute approximate surface area is 130 Å². The summed E-state index contributed by atoms with van der Waals surface area (Å²) in [6.07, 6.45) is 8.55. The van der Waals surface area contributed by atoms with Crippen LogP contribution < -0.4 is 0 Å². The van der Waals surface area contributed by atoms with Gasteiger partial charge >= 0.3 is 0 Å². The van der Waals surface area contributed by atoms with Crippen molar-refractivity contribution >= 4 is 11.6 Å². The zero-order valence-electron chi connectivity index (χ0n) is 13.1. The van der Waals surface area contributed by atoms with Crippen LogP contribution in [0.25, 0.3) is 5.65 Å². The van der Waals surface area contributed by atoms with Gasteiger partial charge in [0, 0.05) is 43.8 Å². The van der Waals surface area contributed by atoms with E-state index in [2.05, 4.69) is 10.1 Å². The molecular formula is C17H22N4O. The van der Waals surface area contributed by atoms with Gasteiger partial charge in [-0.2, -0.15) is 5.10 Å². The van der Waals surface area contributed by atoms with Crippen LogP contribution in [0, 0.1) is 12.8 Å². The van der Waals surface area contributed by atoms with Gasteiger partial charge < -0.3 is 4.90 Å². The maximum atomic E-state index is 12.5. The molecule has 0 atom stereocenters. The molecule has 22 heavy (non-hydrogen) atoms. The summed E-state index contributed by atoms with van der Waals surface area (Å²) >= 11 is 0. The number of amides is 1. The van der Waals surface area contributed by atoms with E-state index >= 15 is 0 Å². The predicted octanol–water partition coefficient (Wildman–Crippen LogP) is 2.50. The maximum Gasteiger partial charge on any atom is 0.223 e. The van der Waals surface area contributed by atoms with E-state index in [0.29, 0.717) is 18.4 Å². The lowest BCUT2D eigenvalue weighted by Gasteiger charge is -2.29. The first kappa shape index (κ1) is 13.7. The Bertz CT molecular complexity index is 715. The monoisotopic (exact) mass is 298 g/mol. The van der Waals surface area contributed by atoms with Crippen LogP contribution in [0.5, 0.6) is 0 Å². The van der Waals surface area contributed by atoms with Gasteiger partial charge in [0.05, 0.1) is 11.4 Å². The van der Waals surface area contributed by atoms with Crippen LogP contribution >= 0.6 is 0 Å². The molecule has 1 fully saturated rings. The van der Waals surface area contributed by atoms with E-state index < -0.39 is 0 Å². The minimum absolute atomic E-state index is 0.314. The molecule has 0 saturated heterocycles. The number of aromatic nitrogens is 3. The number of aryl methyl sites for hydroxylation is 1. The smallest absolute Gasteiger partial charge is 0.223 e. The summed E-state index contributed by atoms with van der Waals surface area (Å²) in [6.45, 7) is 3.47. The quantitative estimate of drug-likeness (QED) is 0.856. The van der Waals surface area contributed by atoms with Gasteiger partial charge in [0.1, 0.15) is 0 Å². The number of hydrogen-bond donors (Lipinski definition) is 0. The highest BCUT2D eigenvalue weighted by atomic mass is 16.2. The summed E-state index contributed by atoms with van der Waals surface area (Å²) in [7, 11) is 0. The minimum Gasteiger partial charge on any atom is -0.338 e. The Morgan fingerprint density at radius 3 is 3.00 bits per heavy atom. The molecule has 1 aliphatic carbocycles. The number of hydrogen-bond acceptors (Lipinski definition) is 3. The molecule has 1 saturated carbocycles. The predicted molar refractivity (Wildman–Crippen MR) is 83.4 cm³/mol. The van der Waals surface area contributed by atoms with Crippen molar-refractivity contribution in [1.82, 2.24) is 19.5 Å². The average molecular weight is 298 g/mol. The molecule has 0 bridgehead atoms. The zero-order valence-corrected chi connectivity index (χ0v) is 13.1. The Hall–Kier alpha value is -1.91. The van der Waals surface area contributed by atoms with E-state index in [1.807, 2.05) is 28.6 Å². The van der Waals surface area contributed by atoms with Crippen molar-refractivity contribution in [3.63, 3.8) is 0 Å². The topological polar surface area (TPSA) is 50.5 Å². The summed E-state index contributed by atoms with van der Waals surface area (Å²) in [5, 5.41) is 4.53. The molecule has 1 aliphatic heterocycles. The van der Waals surface area contributed by atoms with Crippen molar-refractivity contribution in [2.75, 3.05) is 6.54 Å². The number of fused-ring (bicyclic) bond motifs is 3. The summed E-state index contributed by atoms with van der Waals surface area (Å²) in [5.41, 5.74) is 4.24. The Balaban J connectivity index is 1.53. The molecular weight excluding hydrogens is 276 g/mol. The third-order valence-electron chi connectivity index (χ3n) is 5.06. The number of nitrogens with zero attached hydrogens (tertiary/aromatic N) is 4. The second-order valence-electron chi connectivity index (χ2n) is 6.71. The molecule has 2 aliphatic rings. The molecule has 0 radical (unpaired) electrons. The van der Waals surface area contributed by atoms with E-state index in [1.165, 1.54) is 31.4 Å². The molecule has 2 aromatic rings. The van der Waals surface area contributed by atoms with E-state index in [1.54, 1.807) is 0 Å². The average Bonchev–Trinajstić information content (AvgIpc) is 3.15. The highest BCUT2D eigenvalue weighted by Gasteiger charge is 2.26. The zero-order chi connectivity index (χ0) is 15.1. The van der Waals surface area contributed by atoms with Gasteiger partial charge in [-0.05, 0) is 25.7 Å². The molecule has 1 amide bonds. The fraction of sp³-hybridized carbons (Fsp3) is 0.588. The van der Waals surface area contributed by atoms with Crippen LogP contribution in [0.2, 0.25) is 0 Å². The molecule has 4 rings (SSSR count). The molecule has 0 aromatic carbocycles. The molecule has 0 unspecified atom stereocenters. The van der Waals surface area contributed by atoms with Crippen LogP contribution in [-0.4, -0.2) is 31.9 Å². The van der Waals surface area contributed by atoms with Crippen molar-refractivity contribution in [2.45, 2.75) is 52.0 Å². The first-order chi connectivity index (χ1) is 10.7. The fourth-order valence-electron chi connectivity index (χ4n) is 3.86. The van der Waals surface area contributed by atoms with Crippen LogP contribution in [0.15, 0.2) is 12.3 Å². The number of carbonyl (C=O) groups is 1. The summed E-state index contributed by atoms with van der Waals surface area (Å²) in [5.74, 6) is 0.928. The standard InChI is InChI=1S/C17H22N4O/c1-12-8-16-18-10-14-11-20(7-6-15(14)21(16)19-12)17(22)9-13-4-2-3-5-13/h8,10,13H,2-7,9,11H2,1H3. The maximum absolute atomic E-state index is 12.5. The van der Waals surface area contributed by atoms with Gasteiger partial charge in [-0.3, -0.25) is 4.79 Å². The van der Waals surface area contributed by atoms with Crippen molar-refractivity contribution in [2.24, 2.45) is 5.92 Å². The van der Waals surface area contributed by atoms with Crippen molar-refractivity contribution < 1.29 is 4.79 Å². The van der Waals surface area contributed by atoms with E-state index in [0.717, 1.165) is 36.3 Å². The van der Waals surface area contributed by atoms with Crippen molar-refractivity contribution in [1.29, 1.82) is 0 Å². The van der Waals surface area contributed by atoms with Gasteiger partial charge in [0.2, 0.25) is 5.91 Å². The van der Waals surface area contributed by atoms with Crippen LogP contribution in [0.3, 0.4) is 0 Å². The van der Waals surface area contributed by atoms with Gasteiger partial charge in [-0.1, -0.05) is 12.8 Å². The van der Waals surface area contributed by atoms with Crippen LogP contribution in [0.4, 0.5) is 0 Å². The highest BCUT2D eigenvalue weighted by molar-refractivity contribution is 5.76. The highest BCUT2D eigenvalue weighted by Crippen LogP contribution is 2.29. The Morgan fingerprint density at radius 2 is 2.18 bits per heavy atom. The summed E-state index contributed by atoms with van der Waals surface area (Å²) < 4.78 is 1.95. The molecule has 3 heterocycles. The van der Waals surface area contributed by atoms with Crippen LogP contribution in [-0.2, 0) is 17.8 Å². The number of carbonyl (C=O) groups excluding carboxylic acids is 1. The summed E-state index contributed by atoms with van der Waals surface area (Å²) in [6, 6.07) is 2.00. The van der Waals surface area contributed by atoms with Gasteiger partial charge in [0.15, 0.2) is 5.65 Å². The second kappa shape index (κ2) is 5.38. The van der Waals surface area contributed by atoms with Crippen LogP contribution in [0.1, 0.15) is 49.1 Å². The first-order valence-electron chi connectivity index (χ1n) is 8.31. The first-order valence-corrected chi connectivity index (χ1v) is 8.31. The Kier molecular flexibility index (Phi) is 3.36. The van der Waals surface area contributed by atoms with Gasteiger partial charge in [-0.25, -0.2) is 9.50 Å². The molecule has 5 nitrogen and oxygen atoms in total. The van der Waals surface area contributed by atoms with Crippen molar-refractivity contribution in [3.8, 4) is 0 Å². The largest absolute Gasteiger partial charge is 0.338 e. The minimum atomic E-state index is 0.314. The lowest BCUT2D eigenvalue weighted by atomic mass is 10.0. The molecule has 5 heteroatoms. The van der Waals surface area contributed by atoms with E-state index in [4.69, 9.17) is 0 Å². The van der Waals surface area contributed by atoms with E-state index in [9.17, 15) is 4.79 Å². The lowest BCUT2D eigenvalue weighted by Crippen LogP contribution is -2.37.